The van der Waals surface area contributed by atoms with Crippen LogP contribution in [0.25, 0.3) is 0 Å². The number of pyridine rings is 1. The van der Waals surface area contributed by atoms with E-state index in [0.29, 0.717) is 12.5 Å². The maximum Gasteiger partial charge on any atom is 0.213 e. The van der Waals surface area contributed by atoms with E-state index in [2.05, 4.69) is 9.88 Å². The van der Waals surface area contributed by atoms with E-state index in [4.69, 9.17) is 13.9 Å². The summed E-state index contributed by atoms with van der Waals surface area (Å²) in [7, 11) is 0. The van der Waals surface area contributed by atoms with Crippen LogP contribution in [0.5, 0.6) is 5.88 Å². The number of ether oxygens (including phenoxy) is 2. The zero-order valence-electron chi connectivity index (χ0n) is 13.2. The molecule has 122 valence electrons. The fraction of sp³-hybridized carbons (Fsp3) is 0.500. The molecule has 2 fully saturated rings. The third-order valence-corrected chi connectivity index (χ3v) is 4.85. The fourth-order valence-corrected chi connectivity index (χ4v) is 3.57. The highest BCUT2D eigenvalue weighted by atomic mass is 16.6. The predicted molar refractivity (Wildman–Crippen MR) is 85.2 cm³/mol. The molecule has 0 saturated carbocycles. The molecular weight excluding hydrogens is 292 g/mol. The number of hydrogen-bond acceptors (Lipinski definition) is 5. The molecule has 0 unspecified atom stereocenters. The van der Waals surface area contributed by atoms with E-state index in [9.17, 15) is 0 Å². The lowest BCUT2D eigenvalue weighted by atomic mass is 9.88. The van der Waals surface area contributed by atoms with Crippen LogP contribution in [0.2, 0.25) is 0 Å². The first-order valence-corrected chi connectivity index (χ1v) is 8.26. The smallest absolute Gasteiger partial charge is 0.213 e. The average molecular weight is 314 g/mol. The van der Waals surface area contributed by atoms with Gasteiger partial charge in [-0.25, -0.2) is 4.98 Å². The molecular formula is C18H22N2O3. The highest BCUT2D eigenvalue weighted by Crippen LogP contribution is 2.37. The monoisotopic (exact) mass is 314 g/mol. The van der Waals surface area contributed by atoms with Crippen molar-refractivity contribution >= 4 is 0 Å². The summed E-state index contributed by atoms with van der Waals surface area (Å²) in [6.07, 6.45) is 8.52. The summed E-state index contributed by atoms with van der Waals surface area (Å²) in [5.41, 5.74) is 1.23. The van der Waals surface area contributed by atoms with Crippen molar-refractivity contribution in [2.75, 3.05) is 19.7 Å². The molecule has 0 aliphatic carbocycles. The van der Waals surface area contributed by atoms with E-state index in [-0.39, 0.29) is 11.7 Å². The number of hydrogen-bond donors (Lipinski definition) is 0. The van der Waals surface area contributed by atoms with Crippen LogP contribution in [0.15, 0.2) is 47.4 Å². The van der Waals surface area contributed by atoms with Gasteiger partial charge in [-0.15, -0.1) is 0 Å². The summed E-state index contributed by atoms with van der Waals surface area (Å²) < 4.78 is 17.3. The largest absolute Gasteiger partial charge is 0.472 e. The van der Waals surface area contributed by atoms with E-state index >= 15 is 0 Å². The molecule has 1 atom stereocenters. The molecule has 2 aromatic rings. The van der Waals surface area contributed by atoms with Crippen LogP contribution in [-0.4, -0.2) is 41.3 Å². The average Bonchev–Trinajstić information content (AvgIpc) is 3.22. The number of likely N-dealkylation sites (tertiary alicyclic amines) is 1. The first-order valence-electron chi connectivity index (χ1n) is 8.26. The van der Waals surface area contributed by atoms with Gasteiger partial charge in [0, 0.05) is 43.9 Å². The predicted octanol–water partition coefficient (Wildman–Crippen LogP) is 2.88. The van der Waals surface area contributed by atoms with Crippen LogP contribution in [0.3, 0.4) is 0 Å². The Morgan fingerprint density at radius 1 is 1.26 bits per heavy atom. The van der Waals surface area contributed by atoms with E-state index < -0.39 is 0 Å². The van der Waals surface area contributed by atoms with E-state index in [0.717, 1.165) is 38.9 Å². The lowest BCUT2D eigenvalue weighted by Gasteiger charge is -2.38. The van der Waals surface area contributed by atoms with E-state index in [1.165, 1.54) is 5.56 Å². The van der Waals surface area contributed by atoms with E-state index in [1.54, 1.807) is 12.5 Å². The molecule has 0 aromatic carbocycles. The van der Waals surface area contributed by atoms with Gasteiger partial charge in [0.05, 0.1) is 24.7 Å². The van der Waals surface area contributed by atoms with Gasteiger partial charge in [-0.2, -0.15) is 0 Å². The van der Waals surface area contributed by atoms with E-state index in [1.807, 2.05) is 30.5 Å². The van der Waals surface area contributed by atoms with Crippen LogP contribution in [0, 0.1) is 0 Å². The SMILES string of the molecule is c1ccc(O[C@@H]2COC3(CCN(Cc4ccoc4)CC3)C2)nc1. The minimum atomic E-state index is -0.00760. The summed E-state index contributed by atoms with van der Waals surface area (Å²) in [5.74, 6) is 0.690. The Bertz CT molecular complexity index is 606. The van der Waals surface area contributed by atoms with Crippen molar-refractivity contribution in [3.8, 4) is 5.88 Å². The maximum atomic E-state index is 6.15. The van der Waals surface area contributed by atoms with Crippen molar-refractivity contribution in [1.82, 2.24) is 9.88 Å². The van der Waals surface area contributed by atoms with Crippen molar-refractivity contribution in [2.45, 2.75) is 37.5 Å². The normalized spacial score (nSPS) is 24.1. The minimum absolute atomic E-state index is 0.00760. The van der Waals surface area contributed by atoms with Gasteiger partial charge in [0.1, 0.15) is 6.10 Å². The van der Waals surface area contributed by atoms with Crippen LogP contribution in [-0.2, 0) is 11.3 Å². The molecule has 1 spiro atoms. The summed E-state index contributed by atoms with van der Waals surface area (Å²) in [5, 5.41) is 0. The van der Waals surface area contributed by atoms with Crippen molar-refractivity contribution in [1.29, 1.82) is 0 Å². The van der Waals surface area contributed by atoms with Gasteiger partial charge in [0.2, 0.25) is 5.88 Å². The van der Waals surface area contributed by atoms with Crippen molar-refractivity contribution in [3.05, 3.63) is 48.6 Å². The van der Waals surface area contributed by atoms with Crippen LogP contribution in [0.4, 0.5) is 0 Å². The highest BCUT2D eigenvalue weighted by molar-refractivity contribution is 5.11. The van der Waals surface area contributed by atoms with Gasteiger partial charge < -0.3 is 13.9 Å². The molecule has 4 rings (SSSR count). The molecule has 2 saturated heterocycles. The molecule has 5 nitrogen and oxygen atoms in total. The van der Waals surface area contributed by atoms with Crippen LogP contribution < -0.4 is 4.74 Å². The standard InChI is InChI=1S/C18H22N2O3/c1-2-7-19-17(3-1)23-16-11-18(22-14-16)5-8-20(9-6-18)12-15-4-10-21-13-15/h1-4,7,10,13,16H,5-6,8-9,11-12,14H2/t16-/m0/s1. The summed E-state index contributed by atoms with van der Waals surface area (Å²) in [4.78, 5) is 6.70. The van der Waals surface area contributed by atoms with Crippen molar-refractivity contribution < 1.29 is 13.9 Å². The van der Waals surface area contributed by atoms with Gasteiger partial charge >= 0.3 is 0 Å². The zero-order chi connectivity index (χ0) is 15.5. The third kappa shape index (κ3) is 3.41. The molecule has 2 aliphatic heterocycles. The lowest BCUT2D eigenvalue weighted by molar-refractivity contribution is -0.0455. The Labute approximate surface area is 136 Å². The molecule has 0 bridgehead atoms. The Kier molecular flexibility index (Phi) is 4.06. The first kappa shape index (κ1) is 14.7. The maximum absolute atomic E-state index is 6.15. The third-order valence-electron chi connectivity index (χ3n) is 4.85. The highest BCUT2D eigenvalue weighted by Gasteiger charge is 2.43. The van der Waals surface area contributed by atoms with Crippen LogP contribution in [0.1, 0.15) is 24.8 Å². The topological polar surface area (TPSA) is 47.7 Å². The summed E-state index contributed by atoms with van der Waals surface area (Å²) in [6.45, 7) is 3.74. The Morgan fingerprint density at radius 3 is 2.91 bits per heavy atom. The zero-order valence-corrected chi connectivity index (χ0v) is 13.2. The van der Waals surface area contributed by atoms with Gasteiger partial charge in [-0.05, 0) is 25.0 Å². The Hall–Kier alpha value is -1.85. The molecule has 0 N–H and O–H groups in total. The van der Waals surface area contributed by atoms with Gasteiger partial charge in [-0.3, -0.25) is 4.90 Å². The molecule has 2 aliphatic rings. The quantitative estimate of drug-likeness (QED) is 0.868. The molecule has 23 heavy (non-hydrogen) atoms. The van der Waals surface area contributed by atoms with Gasteiger partial charge in [0.25, 0.3) is 0 Å². The van der Waals surface area contributed by atoms with Crippen molar-refractivity contribution in [3.63, 3.8) is 0 Å². The molecule has 0 amide bonds. The fourth-order valence-electron chi connectivity index (χ4n) is 3.57. The number of furan rings is 1. The first-order chi connectivity index (χ1) is 11.3. The molecule has 4 heterocycles. The van der Waals surface area contributed by atoms with Gasteiger partial charge in [0.15, 0.2) is 0 Å². The van der Waals surface area contributed by atoms with Crippen LogP contribution >= 0.6 is 0 Å². The van der Waals surface area contributed by atoms with Crippen molar-refractivity contribution in [2.24, 2.45) is 0 Å². The Balaban J connectivity index is 1.29. The summed E-state index contributed by atoms with van der Waals surface area (Å²) >= 11 is 0. The minimum Gasteiger partial charge on any atom is -0.472 e. The number of nitrogens with zero attached hydrogens (tertiary/aromatic N) is 2. The molecule has 0 radical (unpaired) electrons. The number of aromatic nitrogens is 1. The lowest BCUT2D eigenvalue weighted by Crippen LogP contribution is -2.44. The molecule has 5 heteroatoms. The second-order valence-electron chi connectivity index (χ2n) is 6.51. The molecule has 2 aromatic heterocycles. The summed E-state index contributed by atoms with van der Waals surface area (Å²) in [6, 6.07) is 7.78. The second kappa shape index (κ2) is 6.34. The van der Waals surface area contributed by atoms with Gasteiger partial charge in [-0.1, -0.05) is 6.07 Å². The number of piperidine rings is 1. The Morgan fingerprint density at radius 2 is 2.17 bits per heavy atom. The number of rotatable bonds is 4. The second-order valence-corrected chi connectivity index (χ2v) is 6.51.